The first-order valence-electron chi connectivity index (χ1n) is 5.66. The third-order valence-electron chi connectivity index (χ3n) is 4.77. The van der Waals surface area contributed by atoms with E-state index in [4.69, 9.17) is 2.74 Å². The van der Waals surface area contributed by atoms with Gasteiger partial charge >= 0.3 is 0 Å². The van der Waals surface area contributed by atoms with E-state index in [0.717, 1.165) is 12.8 Å². The van der Waals surface area contributed by atoms with Crippen LogP contribution in [-0.4, -0.2) is 5.78 Å². The lowest BCUT2D eigenvalue weighted by Crippen LogP contribution is -2.34. The van der Waals surface area contributed by atoms with Crippen molar-refractivity contribution in [3.63, 3.8) is 0 Å². The summed E-state index contributed by atoms with van der Waals surface area (Å²) in [7, 11) is 0. The lowest BCUT2D eigenvalue weighted by molar-refractivity contribution is -0.128. The van der Waals surface area contributed by atoms with Gasteiger partial charge in [0.1, 0.15) is 5.78 Å². The van der Waals surface area contributed by atoms with Gasteiger partial charge in [-0.25, -0.2) is 0 Å². The monoisotopic (exact) mass is 168 g/mol. The Labute approximate surface area is 77.3 Å². The molecule has 0 radical (unpaired) electrons. The van der Waals surface area contributed by atoms with Crippen LogP contribution in [0.15, 0.2) is 0 Å². The number of carbonyl (C=O) groups is 1. The molecule has 0 heterocycles. The van der Waals surface area contributed by atoms with Crippen LogP contribution < -0.4 is 0 Å². The molecule has 0 N–H and O–H groups in total. The molecule has 2 atom stereocenters. The minimum absolute atomic E-state index is 0.177. The third kappa shape index (κ3) is 0.571. The highest BCUT2D eigenvalue weighted by atomic mass is 16.1. The molecule has 0 saturated heterocycles. The molecule has 1 nitrogen and oxygen atoms in total. The van der Waals surface area contributed by atoms with Gasteiger partial charge in [-0.1, -0.05) is 27.7 Å². The SMILES string of the molecule is [2H]C1([2H])C(=O)C2(C)CCC1(C)C2(C)C. The summed E-state index contributed by atoms with van der Waals surface area (Å²) in [6.45, 7) is 7.96. The number of hydrogen-bond donors (Lipinski definition) is 0. The first-order valence-corrected chi connectivity index (χ1v) is 4.66. The minimum Gasteiger partial charge on any atom is -0.299 e. The minimum atomic E-state index is -1.64. The van der Waals surface area contributed by atoms with Gasteiger partial charge in [0.05, 0.1) is 0 Å². The summed E-state index contributed by atoms with van der Waals surface area (Å²) in [6.07, 6.45) is 0.0353. The maximum Gasteiger partial charge on any atom is 0.139 e. The van der Waals surface area contributed by atoms with Crippen molar-refractivity contribution in [3.8, 4) is 0 Å². The van der Waals surface area contributed by atoms with Crippen molar-refractivity contribution in [3.05, 3.63) is 0 Å². The highest BCUT2D eigenvalue weighted by Crippen LogP contribution is 2.70. The van der Waals surface area contributed by atoms with Crippen LogP contribution in [0.4, 0.5) is 0 Å². The highest BCUT2D eigenvalue weighted by molar-refractivity contribution is 5.90. The van der Waals surface area contributed by atoms with Gasteiger partial charge < -0.3 is 0 Å². The summed E-state index contributed by atoms with van der Waals surface area (Å²) in [6, 6.07) is 0. The number of hydrogen-bond acceptors (Lipinski definition) is 1. The second kappa shape index (κ2) is 1.78. The first kappa shape index (κ1) is 6.17. The van der Waals surface area contributed by atoms with Gasteiger partial charge in [-0.2, -0.15) is 0 Å². The summed E-state index contributed by atoms with van der Waals surface area (Å²) in [4.78, 5) is 12.1. The quantitative estimate of drug-likeness (QED) is 0.543. The molecule has 0 aliphatic heterocycles. The highest BCUT2D eigenvalue weighted by Gasteiger charge is 2.67. The smallest absolute Gasteiger partial charge is 0.139 e. The van der Waals surface area contributed by atoms with Crippen LogP contribution in [0.2, 0.25) is 0 Å². The first-order chi connectivity index (χ1) is 6.11. The van der Waals surface area contributed by atoms with E-state index in [-0.39, 0.29) is 11.2 Å². The molecule has 0 aromatic carbocycles. The second-order valence-corrected chi connectivity index (χ2v) is 5.24. The topological polar surface area (TPSA) is 17.1 Å². The summed E-state index contributed by atoms with van der Waals surface area (Å²) >= 11 is 0. The zero-order chi connectivity index (χ0) is 11.0. The van der Waals surface area contributed by atoms with Crippen LogP contribution in [0.25, 0.3) is 0 Å². The van der Waals surface area contributed by atoms with E-state index in [1.807, 2.05) is 27.7 Å². The Bertz CT molecular complexity index is 321. The van der Waals surface area contributed by atoms with E-state index in [1.54, 1.807) is 0 Å². The van der Waals surface area contributed by atoms with Crippen molar-refractivity contribution < 1.29 is 7.54 Å². The zero-order valence-electron chi connectivity index (χ0n) is 10.3. The zero-order valence-corrected chi connectivity index (χ0v) is 8.32. The van der Waals surface area contributed by atoms with E-state index >= 15 is 0 Å². The summed E-state index contributed by atoms with van der Waals surface area (Å²) in [5, 5.41) is 0. The Morgan fingerprint density at radius 1 is 1.25 bits per heavy atom. The van der Waals surface area contributed by atoms with E-state index in [9.17, 15) is 4.79 Å². The molecular formula is C11H18O. The average molecular weight is 168 g/mol. The maximum atomic E-state index is 12.1. The molecule has 68 valence electrons. The van der Waals surface area contributed by atoms with Crippen molar-refractivity contribution in [2.75, 3.05) is 0 Å². The molecule has 2 saturated carbocycles. The fourth-order valence-electron chi connectivity index (χ4n) is 2.74. The van der Waals surface area contributed by atoms with Crippen molar-refractivity contribution in [2.45, 2.75) is 46.9 Å². The standard InChI is InChI=1S/C11H18O/c1-9(2)10(3)5-6-11(9,4)8(12)7-10/h5-7H2,1-4H3/i7D2. The fourth-order valence-corrected chi connectivity index (χ4v) is 2.74. The van der Waals surface area contributed by atoms with Crippen LogP contribution in [-0.2, 0) is 4.79 Å². The van der Waals surface area contributed by atoms with Gasteiger partial charge in [-0.05, 0) is 23.7 Å². The lowest BCUT2D eigenvalue weighted by atomic mass is 9.66. The number of ketones is 1. The van der Waals surface area contributed by atoms with Gasteiger partial charge in [0.2, 0.25) is 0 Å². The molecule has 12 heavy (non-hydrogen) atoms. The van der Waals surface area contributed by atoms with E-state index in [0.29, 0.717) is 0 Å². The van der Waals surface area contributed by atoms with Crippen molar-refractivity contribution in [1.29, 1.82) is 0 Å². The Kier molecular flexibility index (Phi) is 0.916. The van der Waals surface area contributed by atoms with Gasteiger partial charge in [-0.15, -0.1) is 0 Å². The fraction of sp³-hybridized carbons (Fsp3) is 0.909. The molecule has 2 unspecified atom stereocenters. The van der Waals surface area contributed by atoms with Gasteiger partial charge in [0.25, 0.3) is 0 Å². The molecule has 0 amide bonds. The van der Waals surface area contributed by atoms with Crippen LogP contribution in [0.1, 0.15) is 49.7 Å². The summed E-state index contributed by atoms with van der Waals surface area (Å²) in [5.41, 5.74) is -1.16. The normalized spacial score (nSPS) is 56.8. The van der Waals surface area contributed by atoms with Gasteiger partial charge in [0.15, 0.2) is 0 Å². The number of Topliss-reactive ketones (excluding diaryl/α,β-unsaturated/α-hetero) is 1. The Hall–Kier alpha value is -0.330. The summed E-state index contributed by atoms with van der Waals surface area (Å²) < 4.78 is 15.9. The van der Waals surface area contributed by atoms with Crippen LogP contribution in [0.5, 0.6) is 0 Å². The molecule has 1 heteroatoms. The molecule has 2 fully saturated rings. The number of fused-ring (bicyclic) bond motifs is 2. The molecule has 0 aromatic heterocycles. The van der Waals surface area contributed by atoms with E-state index in [2.05, 4.69) is 0 Å². The Morgan fingerprint density at radius 2 is 1.83 bits per heavy atom. The molecule has 0 aromatic rings. The lowest BCUT2D eigenvalue weighted by Gasteiger charge is -2.37. The van der Waals surface area contributed by atoms with Crippen molar-refractivity contribution >= 4 is 5.78 Å². The molecule has 2 aliphatic rings. The largest absolute Gasteiger partial charge is 0.299 e. The van der Waals surface area contributed by atoms with E-state index < -0.39 is 17.2 Å². The average Bonchev–Trinajstić information content (AvgIpc) is 2.29. The molecule has 2 bridgehead atoms. The molecule has 0 spiro atoms. The predicted molar refractivity (Wildman–Crippen MR) is 48.9 cm³/mol. The Morgan fingerprint density at radius 3 is 2.08 bits per heavy atom. The Balaban J connectivity index is 2.69. The number of carbonyl (C=O) groups excluding carboxylic acids is 1. The van der Waals surface area contributed by atoms with Crippen LogP contribution in [0.3, 0.4) is 0 Å². The predicted octanol–water partition coefficient (Wildman–Crippen LogP) is 2.79. The number of rotatable bonds is 0. The van der Waals surface area contributed by atoms with Crippen molar-refractivity contribution in [2.24, 2.45) is 16.2 Å². The van der Waals surface area contributed by atoms with Crippen molar-refractivity contribution in [1.82, 2.24) is 0 Å². The van der Waals surface area contributed by atoms with Crippen LogP contribution >= 0.6 is 0 Å². The molecule has 2 aliphatic carbocycles. The van der Waals surface area contributed by atoms with E-state index in [1.165, 1.54) is 0 Å². The second-order valence-electron chi connectivity index (χ2n) is 5.24. The maximum absolute atomic E-state index is 12.1. The summed E-state index contributed by atoms with van der Waals surface area (Å²) in [5.74, 6) is -0.177. The molecule has 2 rings (SSSR count). The molecular weight excluding hydrogens is 148 g/mol. The van der Waals surface area contributed by atoms with Gasteiger partial charge in [-0.3, -0.25) is 4.79 Å². The van der Waals surface area contributed by atoms with Gasteiger partial charge in [0, 0.05) is 14.5 Å². The third-order valence-corrected chi connectivity index (χ3v) is 4.77. The van der Waals surface area contributed by atoms with Crippen LogP contribution in [0, 0.1) is 16.2 Å².